The van der Waals surface area contributed by atoms with Crippen molar-refractivity contribution in [2.24, 2.45) is 0 Å². The molecule has 9 heteroatoms. The summed E-state index contributed by atoms with van der Waals surface area (Å²) in [6.45, 7) is 3.16. The van der Waals surface area contributed by atoms with Gasteiger partial charge in [-0.1, -0.05) is 11.6 Å². The molecule has 1 aromatic rings. The average Bonchev–Trinajstić information content (AvgIpc) is 2.44. The molecule has 23 heavy (non-hydrogen) atoms. The number of hydrogen-bond donors (Lipinski definition) is 3. The van der Waals surface area contributed by atoms with Gasteiger partial charge < -0.3 is 20.9 Å². The zero-order valence-corrected chi connectivity index (χ0v) is 14.2. The number of nitrogen functional groups attached to an aromatic ring is 1. The molecule has 134 valence electrons. The van der Waals surface area contributed by atoms with Gasteiger partial charge in [0.15, 0.2) is 0 Å². The highest BCUT2D eigenvalue weighted by atomic mass is 35.5. The third kappa shape index (κ3) is 6.73. The van der Waals surface area contributed by atoms with Crippen LogP contribution >= 0.6 is 24.0 Å². The molecule has 1 atom stereocenters. The van der Waals surface area contributed by atoms with Gasteiger partial charge >= 0.3 is 6.18 Å². The summed E-state index contributed by atoms with van der Waals surface area (Å²) < 4.78 is 44.0. The Labute approximate surface area is 144 Å². The Kier molecular flexibility index (Phi) is 9.88. The van der Waals surface area contributed by atoms with Gasteiger partial charge in [0, 0.05) is 13.2 Å². The number of anilines is 1. The van der Waals surface area contributed by atoms with Gasteiger partial charge in [-0.2, -0.15) is 13.2 Å². The van der Waals surface area contributed by atoms with Crippen LogP contribution < -0.4 is 11.1 Å². The average molecular weight is 377 g/mol. The molecule has 0 aliphatic heterocycles. The molecule has 0 aromatic heterocycles. The molecule has 0 spiro atoms. The topological polar surface area (TPSA) is 67.5 Å². The second-order valence-corrected chi connectivity index (χ2v) is 5.11. The predicted molar refractivity (Wildman–Crippen MR) is 87.1 cm³/mol. The summed E-state index contributed by atoms with van der Waals surface area (Å²) in [5.41, 5.74) is 4.12. The number of hydrogen-bond acceptors (Lipinski definition) is 4. The van der Waals surface area contributed by atoms with Crippen molar-refractivity contribution >= 4 is 29.7 Å². The molecule has 0 fully saturated rings. The first-order chi connectivity index (χ1) is 10.3. The van der Waals surface area contributed by atoms with Crippen LogP contribution in [-0.4, -0.2) is 31.5 Å². The summed E-state index contributed by atoms with van der Waals surface area (Å²) in [6, 6.07) is 1.60. The molecule has 1 rings (SSSR count). The van der Waals surface area contributed by atoms with E-state index in [0.29, 0.717) is 26.2 Å². The molecule has 0 radical (unpaired) electrons. The zero-order chi connectivity index (χ0) is 16.8. The van der Waals surface area contributed by atoms with Gasteiger partial charge in [-0.3, -0.25) is 0 Å². The molecule has 4 nitrogen and oxygen atoms in total. The van der Waals surface area contributed by atoms with Crippen LogP contribution in [0.15, 0.2) is 12.1 Å². The Balaban J connectivity index is 0.00000484. The lowest BCUT2D eigenvalue weighted by Crippen LogP contribution is -2.26. The molecule has 0 saturated heterocycles. The van der Waals surface area contributed by atoms with Gasteiger partial charge in [0.05, 0.1) is 28.9 Å². The quantitative estimate of drug-likeness (QED) is 0.480. The van der Waals surface area contributed by atoms with Crippen molar-refractivity contribution in [3.8, 4) is 0 Å². The molecule has 0 aliphatic carbocycles. The zero-order valence-electron chi connectivity index (χ0n) is 12.6. The number of benzene rings is 1. The number of aliphatic hydroxyl groups excluding tert-OH is 1. The molecule has 0 bridgehead atoms. The molecule has 0 heterocycles. The lowest BCUT2D eigenvalue weighted by molar-refractivity contribution is -0.137. The van der Waals surface area contributed by atoms with Crippen LogP contribution in [0.25, 0.3) is 0 Å². The maximum absolute atomic E-state index is 12.9. The number of nitrogens with two attached hydrogens (primary N) is 1. The standard InChI is InChI=1S/C14H20ClF3N2O2.ClH/c1-2-22-5-3-4-20-12(8-21)9-6-10(14(16,17)18)13(19)11(15)7-9;/h6-7,12,20-21H,2-5,8,19H2,1H3;1H. The Morgan fingerprint density at radius 3 is 2.57 bits per heavy atom. The van der Waals surface area contributed by atoms with Crippen LogP contribution in [0.1, 0.15) is 30.5 Å². The molecule has 1 aromatic carbocycles. The van der Waals surface area contributed by atoms with Crippen molar-refractivity contribution in [1.82, 2.24) is 5.32 Å². The summed E-state index contributed by atoms with van der Waals surface area (Å²) in [6.07, 6.45) is -3.92. The number of aliphatic hydroxyl groups is 1. The van der Waals surface area contributed by atoms with E-state index in [2.05, 4.69) is 5.32 Å². The summed E-state index contributed by atoms with van der Waals surface area (Å²) in [7, 11) is 0. The maximum Gasteiger partial charge on any atom is 0.418 e. The summed E-state index contributed by atoms with van der Waals surface area (Å²) >= 11 is 5.77. The van der Waals surface area contributed by atoms with E-state index in [1.165, 1.54) is 6.07 Å². The van der Waals surface area contributed by atoms with E-state index in [9.17, 15) is 18.3 Å². The minimum Gasteiger partial charge on any atom is -0.397 e. The Morgan fingerprint density at radius 2 is 2.04 bits per heavy atom. The SMILES string of the molecule is CCOCCCNC(CO)c1cc(Cl)c(N)c(C(F)(F)F)c1.Cl. The molecule has 0 saturated carbocycles. The van der Waals surface area contributed by atoms with Crippen LogP contribution in [0.2, 0.25) is 5.02 Å². The number of halogens is 5. The third-order valence-corrected chi connectivity index (χ3v) is 3.42. The fourth-order valence-corrected chi connectivity index (χ4v) is 2.18. The summed E-state index contributed by atoms with van der Waals surface area (Å²) in [5.74, 6) is 0. The van der Waals surface area contributed by atoms with Crippen molar-refractivity contribution in [3.63, 3.8) is 0 Å². The molecular formula is C14H21Cl2F3N2O2. The van der Waals surface area contributed by atoms with Crippen molar-refractivity contribution in [2.75, 3.05) is 32.1 Å². The molecule has 4 N–H and O–H groups in total. The predicted octanol–water partition coefficient (Wildman–Crippen LogP) is 3.41. The van der Waals surface area contributed by atoms with E-state index in [0.717, 1.165) is 6.07 Å². The van der Waals surface area contributed by atoms with Crippen LogP contribution in [0, 0.1) is 0 Å². The van der Waals surface area contributed by atoms with Gasteiger partial charge in [0.25, 0.3) is 0 Å². The Morgan fingerprint density at radius 1 is 1.39 bits per heavy atom. The fraction of sp³-hybridized carbons (Fsp3) is 0.571. The number of nitrogens with one attached hydrogen (secondary N) is 1. The highest BCUT2D eigenvalue weighted by Gasteiger charge is 2.34. The van der Waals surface area contributed by atoms with Crippen LogP contribution in [0.5, 0.6) is 0 Å². The second kappa shape index (κ2) is 10.2. The monoisotopic (exact) mass is 376 g/mol. The normalized spacial score (nSPS) is 12.8. The molecule has 1 unspecified atom stereocenters. The molecule has 0 aliphatic rings. The number of ether oxygens (including phenoxy) is 1. The smallest absolute Gasteiger partial charge is 0.397 e. The highest BCUT2D eigenvalue weighted by molar-refractivity contribution is 6.33. The van der Waals surface area contributed by atoms with E-state index < -0.39 is 23.5 Å². The van der Waals surface area contributed by atoms with E-state index in [4.69, 9.17) is 22.1 Å². The first-order valence-corrected chi connectivity index (χ1v) is 7.27. The van der Waals surface area contributed by atoms with E-state index in [1.807, 2.05) is 6.92 Å². The lowest BCUT2D eigenvalue weighted by Gasteiger charge is -2.20. The second-order valence-electron chi connectivity index (χ2n) is 4.70. The van der Waals surface area contributed by atoms with E-state index in [-0.39, 0.29) is 29.6 Å². The van der Waals surface area contributed by atoms with Gasteiger partial charge in [0.1, 0.15) is 0 Å². The molecule has 0 amide bonds. The number of alkyl halides is 3. The van der Waals surface area contributed by atoms with Gasteiger partial charge in [-0.05, 0) is 37.6 Å². The Bertz CT molecular complexity index is 488. The first-order valence-electron chi connectivity index (χ1n) is 6.89. The lowest BCUT2D eigenvalue weighted by atomic mass is 10.0. The largest absolute Gasteiger partial charge is 0.418 e. The minimum absolute atomic E-state index is 0. The highest BCUT2D eigenvalue weighted by Crippen LogP contribution is 2.38. The Hall–Kier alpha value is -0.730. The van der Waals surface area contributed by atoms with Gasteiger partial charge in [0.2, 0.25) is 0 Å². The van der Waals surface area contributed by atoms with E-state index in [1.54, 1.807) is 0 Å². The van der Waals surface area contributed by atoms with E-state index >= 15 is 0 Å². The van der Waals surface area contributed by atoms with Gasteiger partial charge in [-0.15, -0.1) is 12.4 Å². The van der Waals surface area contributed by atoms with Crippen molar-refractivity contribution < 1.29 is 23.0 Å². The van der Waals surface area contributed by atoms with Gasteiger partial charge in [-0.25, -0.2) is 0 Å². The fourth-order valence-electron chi connectivity index (χ4n) is 1.96. The minimum atomic E-state index is -4.60. The van der Waals surface area contributed by atoms with Crippen molar-refractivity contribution in [2.45, 2.75) is 25.6 Å². The van der Waals surface area contributed by atoms with Crippen molar-refractivity contribution in [3.05, 3.63) is 28.3 Å². The maximum atomic E-state index is 12.9. The number of rotatable bonds is 8. The molecular weight excluding hydrogens is 356 g/mol. The summed E-state index contributed by atoms with van der Waals surface area (Å²) in [5, 5.41) is 12.2. The summed E-state index contributed by atoms with van der Waals surface area (Å²) in [4.78, 5) is 0. The van der Waals surface area contributed by atoms with Crippen LogP contribution in [0.4, 0.5) is 18.9 Å². The first kappa shape index (κ1) is 22.3. The van der Waals surface area contributed by atoms with Crippen LogP contribution in [0.3, 0.4) is 0 Å². The third-order valence-electron chi connectivity index (χ3n) is 3.10. The van der Waals surface area contributed by atoms with Crippen molar-refractivity contribution in [1.29, 1.82) is 0 Å². The van der Waals surface area contributed by atoms with Crippen LogP contribution in [-0.2, 0) is 10.9 Å².